The van der Waals surface area contributed by atoms with Crippen LogP contribution in [-0.2, 0) is 5.54 Å². The van der Waals surface area contributed by atoms with Crippen LogP contribution in [0.2, 0.25) is 0 Å². The summed E-state index contributed by atoms with van der Waals surface area (Å²) in [5, 5.41) is 3.19. The first-order valence-corrected chi connectivity index (χ1v) is 8.66. The topological polar surface area (TPSA) is 41.6 Å². The van der Waals surface area contributed by atoms with Crippen molar-refractivity contribution in [2.45, 2.75) is 38.8 Å². The predicted octanol–water partition coefficient (Wildman–Crippen LogP) is 4.72. The number of nitrogens with zero attached hydrogens (tertiary/aromatic N) is 1. The number of nitrogens with one attached hydrogen (secondary N) is 1. The summed E-state index contributed by atoms with van der Waals surface area (Å²) in [4.78, 5) is 14.6. The molecule has 4 nitrogen and oxygen atoms in total. The molecule has 2 aromatic rings. The number of carbonyl (C=O) groups excluding carboxylic acids is 1. The zero-order valence-corrected chi connectivity index (χ0v) is 15.7. The Hall–Kier alpha value is -2.49. The molecule has 0 fully saturated rings. The summed E-state index contributed by atoms with van der Waals surface area (Å²) in [7, 11) is 3.46. The SMILES string of the molecule is CCC(C)(NC(=O)N(C)C(C)c1ccccc1OC)c1ccccc1. The van der Waals surface area contributed by atoms with Crippen LogP contribution < -0.4 is 10.1 Å². The molecule has 2 unspecified atom stereocenters. The van der Waals surface area contributed by atoms with E-state index in [-0.39, 0.29) is 12.1 Å². The smallest absolute Gasteiger partial charge is 0.318 e. The van der Waals surface area contributed by atoms with Crippen molar-refractivity contribution in [2.75, 3.05) is 14.2 Å². The molecule has 0 heterocycles. The Morgan fingerprint density at radius 3 is 2.36 bits per heavy atom. The Morgan fingerprint density at radius 1 is 1.16 bits per heavy atom. The molecule has 0 aliphatic rings. The molecule has 25 heavy (non-hydrogen) atoms. The molecule has 0 bridgehead atoms. The van der Waals surface area contributed by atoms with Crippen LogP contribution in [-0.4, -0.2) is 25.1 Å². The highest BCUT2D eigenvalue weighted by molar-refractivity contribution is 5.75. The fourth-order valence-corrected chi connectivity index (χ4v) is 2.89. The fourth-order valence-electron chi connectivity index (χ4n) is 2.89. The van der Waals surface area contributed by atoms with Crippen LogP contribution in [0.4, 0.5) is 4.79 Å². The van der Waals surface area contributed by atoms with Crippen molar-refractivity contribution in [1.29, 1.82) is 0 Å². The summed E-state index contributed by atoms with van der Waals surface area (Å²) in [6, 6.07) is 17.7. The number of rotatable bonds is 6. The van der Waals surface area contributed by atoms with Crippen LogP contribution in [0.5, 0.6) is 5.75 Å². The van der Waals surface area contributed by atoms with E-state index in [1.807, 2.05) is 68.6 Å². The standard InChI is InChI=1S/C21H28N2O2/c1-6-21(3,17-12-8-7-9-13-17)22-20(24)23(4)16(2)18-14-10-11-15-19(18)25-5/h7-16H,6H2,1-5H3,(H,22,24). The van der Waals surface area contributed by atoms with Gasteiger partial charge in [-0.05, 0) is 31.9 Å². The van der Waals surface area contributed by atoms with E-state index >= 15 is 0 Å². The molecular weight excluding hydrogens is 312 g/mol. The monoisotopic (exact) mass is 340 g/mol. The van der Waals surface area contributed by atoms with Gasteiger partial charge in [0.1, 0.15) is 5.75 Å². The first kappa shape index (κ1) is 18.8. The Labute approximate surface area is 150 Å². The van der Waals surface area contributed by atoms with Gasteiger partial charge in [0.15, 0.2) is 0 Å². The van der Waals surface area contributed by atoms with E-state index in [0.717, 1.165) is 23.3 Å². The first-order valence-electron chi connectivity index (χ1n) is 8.66. The molecule has 0 saturated heterocycles. The van der Waals surface area contributed by atoms with E-state index in [2.05, 4.69) is 19.2 Å². The van der Waals surface area contributed by atoms with E-state index in [0.29, 0.717) is 0 Å². The Morgan fingerprint density at radius 2 is 1.76 bits per heavy atom. The van der Waals surface area contributed by atoms with Crippen LogP contribution in [0.15, 0.2) is 54.6 Å². The van der Waals surface area contributed by atoms with Crippen molar-refractivity contribution in [3.8, 4) is 5.75 Å². The molecule has 0 spiro atoms. The molecular formula is C21H28N2O2. The third kappa shape index (κ3) is 4.13. The second kappa shape index (κ2) is 8.06. The van der Waals surface area contributed by atoms with E-state index in [1.165, 1.54) is 0 Å². The Kier molecular flexibility index (Phi) is 6.07. The van der Waals surface area contributed by atoms with Gasteiger partial charge in [0.05, 0.1) is 18.7 Å². The molecule has 0 radical (unpaired) electrons. The summed E-state index contributed by atoms with van der Waals surface area (Å²) in [5.74, 6) is 0.788. The molecule has 0 aliphatic heterocycles. The summed E-state index contributed by atoms with van der Waals surface area (Å²) in [6.45, 7) is 6.14. The maximum absolute atomic E-state index is 12.9. The zero-order valence-electron chi connectivity index (χ0n) is 15.7. The molecule has 0 saturated carbocycles. The second-order valence-electron chi connectivity index (χ2n) is 6.51. The molecule has 134 valence electrons. The van der Waals surface area contributed by atoms with Crippen LogP contribution >= 0.6 is 0 Å². The van der Waals surface area contributed by atoms with Gasteiger partial charge in [-0.2, -0.15) is 0 Å². The number of hydrogen-bond acceptors (Lipinski definition) is 2. The lowest BCUT2D eigenvalue weighted by Crippen LogP contribution is -2.49. The average Bonchev–Trinajstić information content (AvgIpc) is 2.67. The van der Waals surface area contributed by atoms with E-state index in [9.17, 15) is 4.79 Å². The van der Waals surface area contributed by atoms with Crippen molar-refractivity contribution in [2.24, 2.45) is 0 Å². The second-order valence-corrected chi connectivity index (χ2v) is 6.51. The number of carbonyl (C=O) groups is 1. The number of para-hydroxylation sites is 1. The van der Waals surface area contributed by atoms with Crippen molar-refractivity contribution in [1.82, 2.24) is 10.2 Å². The highest BCUT2D eigenvalue weighted by atomic mass is 16.5. The number of urea groups is 1. The normalized spacial score (nSPS) is 14.3. The molecule has 2 rings (SSSR count). The highest BCUT2D eigenvalue weighted by Gasteiger charge is 2.29. The minimum atomic E-state index is -0.410. The van der Waals surface area contributed by atoms with Crippen molar-refractivity contribution in [3.05, 3.63) is 65.7 Å². The minimum absolute atomic E-state index is 0.104. The van der Waals surface area contributed by atoms with Gasteiger partial charge in [-0.25, -0.2) is 4.79 Å². The summed E-state index contributed by atoms with van der Waals surface area (Å²) >= 11 is 0. The van der Waals surface area contributed by atoms with Gasteiger partial charge in [-0.1, -0.05) is 55.5 Å². The largest absolute Gasteiger partial charge is 0.496 e. The third-order valence-corrected chi connectivity index (χ3v) is 4.99. The van der Waals surface area contributed by atoms with Crippen LogP contribution in [0.1, 0.15) is 44.4 Å². The minimum Gasteiger partial charge on any atom is -0.496 e. The van der Waals surface area contributed by atoms with Crippen LogP contribution in [0.3, 0.4) is 0 Å². The lowest BCUT2D eigenvalue weighted by molar-refractivity contribution is 0.179. The van der Waals surface area contributed by atoms with Gasteiger partial charge in [0.2, 0.25) is 0 Å². The van der Waals surface area contributed by atoms with Crippen molar-refractivity contribution in [3.63, 3.8) is 0 Å². The summed E-state index contributed by atoms with van der Waals surface area (Å²) in [5.41, 5.74) is 1.68. The molecule has 1 N–H and O–H groups in total. The van der Waals surface area contributed by atoms with Gasteiger partial charge in [0.25, 0.3) is 0 Å². The highest BCUT2D eigenvalue weighted by Crippen LogP contribution is 2.29. The Bertz CT molecular complexity index is 702. The average molecular weight is 340 g/mol. The molecule has 2 aromatic carbocycles. The van der Waals surface area contributed by atoms with E-state index < -0.39 is 5.54 Å². The van der Waals surface area contributed by atoms with Gasteiger partial charge < -0.3 is 15.0 Å². The van der Waals surface area contributed by atoms with Crippen LogP contribution in [0.25, 0.3) is 0 Å². The van der Waals surface area contributed by atoms with E-state index in [1.54, 1.807) is 12.0 Å². The van der Waals surface area contributed by atoms with Crippen molar-refractivity contribution < 1.29 is 9.53 Å². The molecule has 2 amide bonds. The predicted molar refractivity (Wildman–Crippen MR) is 102 cm³/mol. The number of benzene rings is 2. The lowest BCUT2D eigenvalue weighted by Gasteiger charge is -2.34. The van der Waals surface area contributed by atoms with Gasteiger partial charge in [-0.15, -0.1) is 0 Å². The zero-order chi connectivity index (χ0) is 18.4. The molecule has 2 atom stereocenters. The van der Waals surface area contributed by atoms with Crippen LogP contribution in [0, 0.1) is 0 Å². The van der Waals surface area contributed by atoms with Gasteiger partial charge in [0, 0.05) is 12.6 Å². The number of ether oxygens (including phenoxy) is 1. The maximum Gasteiger partial charge on any atom is 0.318 e. The van der Waals surface area contributed by atoms with Crippen molar-refractivity contribution >= 4 is 6.03 Å². The van der Waals surface area contributed by atoms with E-state index in [4.69, 9.17) is 4.74 Å². The van der Waals surface area contributed by atoms with Gasteiger partial charge in [-0.3, -0.25) is 0 Å². The third-order valence-electron chi connectivity index (χ3n) is 4.99. The molecule has 0 aromatic heterocycles. The maximum atomic E-state index is 12.9. The number of methoxy groups -OCH3 is 1. The quantitative estimate of drug-likeness (QED) is 0.826. The summed E-state index contributed by atoms with van der Waals surface area (Å²) < 4.78 is 5.43. The lowest BCUT2D eigenvalue weighted by atomic mass is 9.89. The first-order chi connectivity index (χ1) is 11.9. The summed E-state index contributed by atoms with van der Waals surface area (Å²) in [6.07, 6.45) is 0.805. The molecule has 0 aliphatic carbocycles. The fraction of sp³-hybridized carbons (Fsp3) is 0.381. The number of hydrogen-bond donors (Lipinski definition) is 1. The molecule has 4 heteroatoms. The Balaban J connectivity index is 2.19. The van der Waals surface area contributed by atoms with Gasteiger partial charge >= 0.3 is 6.03 Å². The number of amides is 2.